The number of hydrogen-bond donors (Lipinski definition) is 0. The summed E-state index contributed by atoms with van der Waals surface area (Å²) in [7, 11) is 0. The van der Waals surface area contributed by atoms with Crippen LogP contribution in [-0.4, -0.2) is 0 Å². The first-order valence-electron chi connectivity index (χ1n) is 9.39. The van der Waals surface area contributed by atoms with Crippen LogP contribution >= 0.6 is 15.9 Å². The van der Waals surface area contributed by atoms with Gasteiger partial charge in [-0.2, -0.15) is 0 Å². The molecule has 1 heteroatoms. The second kappa shape index (κ2) is 10.5. The first-order valence-corrected chi connectivity index (χ1v) is 10.2. The lowest BCUT2D eigenvalue weighted by atomic mass is 9.94. The number of rotatable bonds is 7. The number of benzene rings is 2. The van der Waals surface area contributed by atoms with E-state index in [2.05, 4.69) is 72.8 Å². The van der Waals surface area contributed by atoms with Crippen LogP contribution in [0.4, 0.5) is 0 Å². The van der Waals surface area contributed by atoms with Crippen molar-refractivity contribution in [2.45, 2.75) is 52.9 Å². The maximum atomic E-state index is 3.45. The smallest absolute Gasteiger partial charge is 0.0249 e. The van der Waals surface area contributed by atoms with E-state index in [1.807, 2.05) is 24.3 Å². The Morgan fingerprint density at radius 3 is 1.88 bits per heavy atom. The van der Waals surface area contributed by atoms with Crippen LogP contribution in [0, 0.1) is 23.7 Å². The fourth-order valence-corrected chi connectivity index (χ4v) is 3.13. The molecule has 0 spiro atoms. The molecule has 0 radical (unpaired) electrons. The third-order valence-electron chi connectivity index (χ3n) is 4.55. The van der Waals surface area contributed by atoms with Crippen molar-refractivity contribution in [1.29, 1.82) is 0 Å². The molecule has 0 saturated heterocycles. The molecule has 0 N–H and O–H groups in total. The molecule has 1 atom stereocenters. The average molecular weight is 397 g/mol. The summed E-state index contributed by atoms with van der Waals surface area (Å²) >= 11 is 3.45. The van der Waals surface area contributed by atoms with E-state index in [9.17, 15) is 0 Å². The Labute approximate surface area is 162 Å². The second-order valence-corrected chi connectivity index (χ2v) is 8.34. The Balaban J connectivity index is 1.81. The van der Waals surface area contributed by atoms with E-state index in [0.717, 1.165) is 27.4 Å². The highest BCUT2D eigenvalue weighted by atomic mass is 79.9. The maximum Gasteiger partial charge on any atom is 0.0249 e. The Hall–Kier alpha value is -1.52. The van der Waals surface area contributed by atoms with E-state index < -0.39 is 0 Å². The summed E-state index contributed by atoms with van der Waals surface area (Å²) in [5.41, 5.74) is 3.55. The largest absolute Gasteiger partial charge is 0.0628 e. The molecule has 0 aliphatic heterocycles. The van der Waals surface area contributed by atoms with Crippen molar-refractivity contribution in [1.82, 2.24) is 0 Å². The van der Waals surface area contributed by atoms with Gasteiger partial charge in [0, 0.05) is 15.6 Å². The lowest BCUT2D eigenvalue weighted by Crippen LogP contribution is -1.99. The molecular formula is C24H29Br. The summed E-state index contributed by atoms with van der Waals surface area (Å²) in [5.74, 6) is 8.11. The van der Waals surface area contributed by atoms with Crippen LogP contribution in [-0.2, 0) is 6.42 Å². The first-order chi connectivity index (χ1) is 12.0. The summed E-state index contributed by atoms with van der Waals surface area (Å²) < 4.78 is 1.08. The Kier molecular flexibility index (Phi) is 8.29. The molecule has 2 aromatic rings. The minimum atomic E-state index is 0.815. The van der Waals surface area contributed by atoms with Gasteiger partial charge in [-0.3, -0.25) is 0 Å². The third kappa shape index (κ3) is 7.93. The van der Waals surface area contributed by atoms with Gasteiger partial charge in [-0.25, -0.2) is 0 Å². The normalized spacial score (nSPS) is 11.9. The van der Waals surface area contributed by atoms with Gasteiger partial charge < -0.3 is 0 Å². The molecule has 0 aliphatic carbocycles. The summed E-state index contributed by atoms with van der Waals surface area (Å²) in [4.78, 5) is 0. The minimum absolute atomic E-state index is 0.815. The molecule has 25 heavy (non-hydrogen) atoms. The summed E-state index contributed by atoms with van der Waals surface area (Å²) in [6.45, 7) is 7.01. The molecule has 0 amide bonds. The first kappa shape index (κ1) is 19.8. The monoisotopic (exact) mass is 396 g/mol. The molecule has 0 bridgehead atoms. The Bertz CT molecular complexity index is 684. The van der Waals surface area contributed by atoms with E-state index in [-0.39, 0.29) is 0 Å². The van der Waals surface area contributed by atoms with Gasteiger partial charge in [0.05, 0.1) is 0 Å². The van der Waals surface area contributed by atoms with Crippen molar-refractivity contribution in [3.63, 3.8) is 0 Å². The quantitative estimate of drug-likeness (QED) is 0.432. The summed E-state index contributed by atoms with van der Waals surface area (Å²) in [5, 5.41) is 0. The van der Waals surface area contributed by atoms with Crippen molar-refractivity contribution in [2.24, 2.45) is 11.8 Å². The minimum Gasteiger partial charge on any atom is -0.0628 e. The molecule has 0 aromatic heterocycles. The van der Waals surface area contributed by atoms with Crippen LogP contribution in [0.3, 0.4) is 0 Å². The maximum absolute atomic E-state index is 3.45. The molecule has 0 heterocycles. The Morgan fingerprint density at radius 1 is 0.760 bits per heavy atom. The summed E-state index contributed by atoms with van der Waals surface area (Å²) in [6.07, 6.45) is 6.53. The van der Waals surface area contributed by atoms with Gasteiger partial charge in [0.25, 0.3) is 0 Å². The number of halogens is 1. The standard InChI is InChI=1S/C24H29Br/c1-19(2)5-4-6-20(3)7-8-21-9-11-22(12-10-21)13-14-23-15-17-24(25)18-16-23/h9-12,15-20H,4-8H2,1-3H3. The van der Waals surface area contributed by atoms with Crippen molar-refractivity contribution in [3.8, 4) is 11.8 Å². The molecule has 0 saturated carbocycles. The zero-order chi connectivity index (χ0) is 18.1. The van der Waals surface area contributed by atoms with E-state index in [4.69, 9.17) is 0 Å². The molecule has 0 fully saturated rings. The Morgan fingerprint density at radius 2 is 1.32 bits per heavy atom. The SMILES string of the molecule is CC(C)CCCC(C)CCc1ccc(C#Cc2ccc(Br)cc2)cc1. The van der Waals surface area contributed by atoms with Gasteiger partial charge in [-0.15, -0.1) is 0 Å². The van der Waals surface area contributed by atoms with Crippen molar-refractivity contribution < 1.29 is 0 Å². The number of aryl methyl sites for hydroxylation is 1. The van der Waals surface area contributed by atoms with E-state index in [1.165, 1.54) is 37.7 Å². The molecule has 0 aliphatic rings. The predicted octanol–water partition coefficient (Wildman–Crippen LogP) is 7.24. The molecule has 0 nitrogen and oxygen atoms in total. The third-order valence-corrected chi connectivity index (χ3v) is 5.08. The highest BCUT2D eigenvalue weighted by Crippen LogP contribution is 2.18. The van der Waals surface area contributed by atoms with Gasteiger partial charge in [0.2, 0.25) is 0 Å². The highest BCUT2D eigenvalue weighted by Gasteiger charge is 2.04. The highest BCUT2D eigenvalue weighted by molar-refractivity contribution is 9.10. The van der Waals surface area contributed by atoms with Crippen LogP contribution in [0.15, 0.2) is 53.0 Å². The lowest BCUT2D eigenvalue weighted by molar-refractivity contribution is 0.437. The molecule has 1 unspecified atom stereocenters. The fourth-order valence-electron chi connectivity index (χ4n) is 2.86. The zero-order valence-corrected chi connectivity index (χ0v) is 17.3. The van der Waals surface area contributed by atoms with Crippen LogP contribution < -0.4 is 0 Å². The fraction of sp³-hybridized carbons (Fsp3) is 0.417. The molecular weight excluding hydrogens is 368 g/mol. The van der Waals surface area contributed by atoms with Crippen molar-refractivity contribution in [2.75, 3.05) is 0 Å². The number of hydrogen-bond acceptors (Lipinski definition) is 0. The molecule has 132 valence electrons. The van der Waals surface area contributed by atoms with Crippen LogP contribution in [0.25, 0.3) is 0 Å². The van der Waals surface area contributed by atoms with Crippen LogP contribution in [0.2, 0.25) is 0 Å². The topological polar surface area (TPSA) is 0 Å². The van der Waals surface area contributed by atoms with Crippen molar-refractivity contribution >= 4 is 15.9 Å². The van der Waals surface area contributed by atoms with Crippen molar-refractivity contribution in [3.05, 3.63) is 69.7 Å². The van der Waals surface area contributed by atoms with Gasteiger partial charge in [-0.05, 0) is 66.6 Å². The average Bonchev–Trinajstić information content (AvgIpc) is 2.60. The van der Waals surface area contributed by atoms with Gasteiger partial charge in [0.15, 0.2) is 0 Å². The predicted molar refractivity (Wildman–Crippen MR) is 113 cm³/mol. The van der Waals surface area contributed by atoms with Gasteiger partial charge in [-0.1, -0.05) is 79.9 Å². The zero-order valence-electron chi connectivity index (χ0n) is 15.7. The van der Waals surface area contributed by atoms with E-state index in [0.29, 0.717) is 0 Å². The van der Waals surface area contributed by atoms with E-state index in [1.54, 1.807) is 0 Å². The molecule has 2 aromatic carbocycles. The van der Waals surface area contributed by atoms with Gasteiger partial charge >= 0.3 is 0 Å². The van der Waals surface area contributed by atoms with E-state index >= 15 is 0 Å². The molecule has 2 rings (SSSR count). The van der Waals surface area contributed by atoms with Crippen LogP contribution in [0.1, 0.15) is 63.1 Å². The van der Waals surface area contributed by atoms with Gasteiger partial charge in [0.1, 0.15) is 0 Å². The second-order valence-electron chi connectivity index (χ2n) is 7.42. The lowest BCUT2D eigenvalue weighted by Gasteiger charge is -2.12. The summed E-state index contributed by atoms with van der Waals surface area (Å²) in [6, 6.07) is 16.9. The van der Waals surface area contributed by atoms with Crippen LogP contribution in [0.5, 0.6) is 0 Å².